The smallest absolute Gasteiger partial charge is 0.270 e. The third-order valence-electron chi connectivity index (χ3n) is 3.60. The SMILES string of the molecule is Cc1cc(C(=O)NCc2ccco2)nc(Nc2cccc(Cl)c2C)n1. The van der Waals surface area contributed by atoms with E-state index in [2.05, 4.69) is 20.6 Å². The van der Waals surface area contributed by atoms with Crippen molar-refractivity contribution in [2.45, 2.75) is 20.4 Å². The highest BCUT2D eigenvalue weighted by atomic mass is 35.5. The molecule has 2 heterocycles. The normalized spacial score (nSPS) is 10.5. The quantitative estimate of drug-likeness (QED) is 0.721. The lowest BCUT2D eigenvalue weighted by Gasteiger charge is -2.11. The number of aromatic nitrogens is 2. The van der Waals surface area contributed by atoms with Gasteiger partial charge in [0.15, 0.2) is 0 Å². The summed E-state index contributed by atoms with van der Waals surface area (Å²) in [6.07, 6.45) is 1.56. The summed E-state index contributed by atoms with van der Waals surface area (Å²) >= 11 is 6.13. The fraction of sp³-hybridized carbons (Fsp3) is 0.167. The van der Waals surface area contributed by atoms with Crippen LogP contribution in [0.15, 0.2) is 47.1 Å². The maximum absolute atomic E-state index is 12.3. The molecule has 0 atom stereocenters. The average Bonchev–Trinajstić information content (AvgIpc) is 3.10. The number of nitrogens with zero attached hydrogens (tertiary/aromatic N) is 2. The van der Waals surface area contributed by atoms with E-state index in [1.807, 2.05) is 25.1 Å². The van der Waals surface area contributed by atoms with E-state index in [1.54, 1.807) is 31.4 Å². The molecule has 1 aromatic carbocycles. The minimum atomic E-state index is -0.298. The summed E-state index contributed by atoms with van der Waals surface area (Å²) in [5, 5.41) is 6.53. The zero-order chi connectivity index (χ0) is 17.8. The van der Waals surface area contributed by atoms with Crippen LogP contribution in [0, 0.1) is 13.8 Å². The van der Waals surface area contributed by atoms with Gasteiger partial charge in [0, 0.05) is 16.4 Å². The summed E-state index contributed by atoms with van der Waals surface area (Å²) in [5.41, 5.74) is 2.64. The van der Waals surface area contributed by atoms with Gasteiger partial charge in [-0.05, 0) is 49.7 Å². The monoisotopic (exact) mass is 356 g/mol. The van der Waals surface area contributed by atoms with Crippen LogP contribution in [0.1, 0.15) is 27.5 Å². The van der Waals surface area contributed by atoms with Crippen molar-refractivity contribution in [3.8, 4) is 0 Å². The topological polar surface area (TPSA) is 80.0 Å². The molecule has 0 saturated carbocycles. The summed E-state index contributed by atoms with van der Waals surface area (Å²) in [6.45, 7) is 4.00. The van der Waals surface area contributed by atoms with Crippen LogP contribution in [0.5, 0.6) is 0 Å². The van der Waals surface area contributed by atoms with Crippen LogP contribution in [0.4, 0.5) is 11.6 Å². The van der Waals surface area contributed by atoms with Crippen molar-refractivity contribution >= 4 is 29.1 Å². The minimum absolute atomic E-state index is 0.279. The van der Waals surface area contributed by atoms with Crippen molar-refractivity contribution < 1.29 is 9.21 Å². The Balaban J connectivity index is 1.78. The molecule has 7 heteroatoms. The van der Waals surface area contributed by atoms with E-state index >= 15 is 0 Å². The van der Waals surface area contributed by atoms with E-state index < -0.39 is 0 Å². The van der Waals surface area contributed by atoms with Gasteiger partial charge in [0.25, 0.3) is 5.91 Å². The van der Waals surface area contributed by atoms with Gasteiger partial charge in [-0.15, -0.1) is 0 Å². The number of furan rings is 1. The Morgan fingerprint density at radius 3 is 2.80 bits per heavy atom. The predicted molar refractivity (Wildman–Crippen MR) is 96.1 cm³/mol. The van der Waals surface area contributed by atoms with Gasteiger partial charge in [-0.3, -0.25) is 4.79 Å². The van der Waals surface area contributed by atoms with Crippen LogP contribution in [0.25, 0.3) is 0 Å². The number of amides is 1. The van der Waals surface area contributed by atoms with Crippen LogP contribution in [-0.2, 0) is 6.54 Å². The molecule has 2 aromatic heterocycles. The molecule has 0 radical (unpaired) electrons. The number of rotatable bonds is 5. The first-order chi connectivity index (χ1) is 12.0. The van der Waals surface area contributed by atoms with Gasteiger partial charge in [-0.2, -0.15) is 0 Å². The van der Waals surface area contributed by atoms with E-state index in [0.29, 0.717) is 29.0 Å². The number of benzene rings is 1. The Hall–Kier alpha value is -2.86. The second-order valence-electron chi connectivity index (χ2n) is 5.52. The third-order valence-corrected chi connectivity index (χ3v) is 4.01. The van der Waals surface area contributed by atoms with Crippen molar-refractivity contribution in [1.82, 2.24) is 15.3 Å². The van der Waals surface area contributed by atoms with Crippen LogP contribution in [0.2, 0.25) is 5.02 Å². The summed E-state index contributed by atoms with van der Waals surface area (Å²) < 4.78 is 5.20. The number of halogens is 1. The molecule has 0 unspecified atom stereocenters. The standard InChI is InChI=1S/C18H17ClN4O2/c1-11-9-16(17(24)20-10-13-5-4-8-25-13)23-18(21-11)22-15-7-3-6-14(19)12(15)2/h3-9H,10H2,1-2H3,(H,20,24)(H,21,22,23). The fourth-order valence-electron chi connectivity index (χ4n) is 2.28. The van der Waals surface area contributed by atoms with Crippen LogP contribution in [0.3, 0.4) is 0 Å². The number of aryl methyl sites for hydroxylation is 1. The molecule has 6 nitrogen and oxygen atoms in total. The lowest BCUT2D eigenvalue weighted by Crippen LogP contribution is -2.24. The molecule has 0 fully saturated rings. The van der Waals surface area contributed by atoms with Gasteiger partial charge in [0.05, 0.1) is 12.8 Å². The summed E-state index contributed by atoms with van der Waals surface area (Å²) in [5.74, 6) is 0.716. The summed E-state index contributed by atoms with van der Waals surface area (Å²) in [7, 11) is 0. The Labute approximate surface area is 150 Å². The van der Waals surface area contributed by atoms with Gasteiger partial charge >= 0.3 is 0 Å². The van der Waals surface area contributed by atoms with Gasteiger partial charge in [0.2, 0.25) is 5.95 Å². The van der Waals surface area contributed by atoms with Crippen molar-refractivity contribution in [2.75, 3.05) is 5.32 Å². The highest BCUT2D eigenvalue weighted by Gasteiger charge is 2.12. The van der Waals surface area contributed by atoms with Crippen molar-refractivity contribution in [2.24, 2.45) is 0 Å². The van der Waals surface area contributed by atoms with Crippen LogP contribution >= 0.6 is 11.6 Å². The van der Waals surface area contributed by atoms with Crippen LogP contribution < -0.4 is 10.6 Å². The first-order valence-electron chi connectivity index (χ1n) is 7.71. The third kappa shape index (κ3) is 4.16. The Morgan fingerprint density at radius 1 is 1.20 bits per heavy atom. The maximum atomic E-state index is 12.3. The predicted octanol–water partition coefficient (Wildman–Crippen LogP) is 4.01. The Bertz CT molecular complexity index is 894. The Kier molecular flexibility index (Phi) is 5.00. The lowest BCUT2D eigenvalue weighted by molar-refractivity contribution is 0.0943. The largest absolute Gasteiger partial charge is 0.467 e. The summed E-state index contributed by atoms with van der Waals surface area (Å²) in [6, 6.07) is 10.7. The number of anilines is 2. The molecule has 0 aliphatic rings. The average molecular weight is 357 g/mol. The van der Waals surface area contributed by atoms with Crippen molar-refractivity contribution in [1.29, 1.82) is 0 Å². The van der Waals surface area contributed by atoms with E-state index in [1.165, 1.54) is 0 Å². The molecule has 3 aromatic rings. The minimum Gasteiger partial charge on any atom is -0.467 e. The number of hydrogen-bond acceptors (Lipinski definition) is 5. The second-order valence-corrected chi connectivity index (χ2v) is 5.92. The fourth-order valence-corrected chi connectivity index (χ4v) is 2.45. The van der Waals surface area contributed by atoms with E-state index in [4.69, 9.17) is 16.0 Å². The molecular formula is C18H17ClN4O2. The van der Waals surface area contributed by atoms with E-state index in [0.717, 1.165) is 11.3 Å². The maximum Gasteiger partial charge on any atom is 0.270 e. The number of nitrogens with one attached hydrogen (secondary N) is 2. The number of hydrogen-bond donors (Lipinski definition) is 2. The first-order valence-corrected chi connectivity index (χ1v) is 8.09. The molecule has 128 valence electrons. The van der Waals surface area contributed by atoms with E-state index in [9.17, 15) is 4.79 Å². The highest BCUT2D eigenvalue weighted by molar-refractivity contribution is 6.31. The molecule has 0 spiro atoms. The molecule has 25 heavy (non-hydrogen) atoms. The van der Waals surface area contributed by atoms with Gasteiger partial charge in [-0.25, -0.2) is 9.97 Å². The van der Waals surface area contributed by atoms with Gasteiger partial charge in [-0.1, -0.05) is 17.7 Å². The second kappa shape index (κ2) is 7.36. The molecule has 1 amide bonds. The molecule has 2 N–H and O–H groups in total. The molecule has 0 aliphatic carbocycles. The van der Waals surface area contributed by atoms with Gasteiger partial charge in [0.1, 0.15) is 11.5 Å². The molecular weight excluding hydrogens is 340 g/mol. The van der Waals surface area contributed by atoms with Crippen molar-refractivity contribution in [3.63, 3.8) is 0 Å². The van der Waals surface area contributed by atoms with Crippen LogP contribution in [-0.4, -0.2) is 15.9 Å². The van der Waals surface area contributed by atoms with Gasteiger partial charge < -0.3 is 15.1 Å². The van der Waals surface area contributed by atoms with E-state index in [-0.39, 0.29) is 11.6 Å². The zero-order valence-electron chi connectivity index (χ0n) is 13.8. The lowest BCUT2D eigenvalue weighted by atomic mass is 10.2. The molecule has 3 rings (SSSR count). The molecule has 0 saturated heterocycles. The number of carbonyl (C=O) groups is 1. The Morgan fingerprint density at radius 2 is 2.04 bits per heavy atom. The molecule has 0 bridgehead atoms. The summed E-state index contributed by atoms with van der Waals surface area (Å²) in [4.78, 5) is 20.9. The highest BCUT2D eigenvalue weighted by Crippen LogP contribution is 2.25. The molecule has 0 aliphatic heterocycles. The van der Waals surface area contributed by atoms with Crippen molar-refractivity contribution in [3.05, 3.63) is 70.4 Å². The number of carbonyl (C=O) groups excluding carboxylic acids is 1. The zero-order valence-corrected chi connectivity index (χ0v) is 14.6. The first kappa shape index (κ1) is 17.0.